The van der Waals surface area contributed by atoms with Crippen molar-refractivity contribution in [2.45, 2.75) is 19.9 Å². The van der Waals surface area contributed by atoms with Crippen molar-refractivity contribution in [3.05, 3.63) is 46.3 Å². The molecule has 20 heavy (non-hydrogen) atoms. The predicted molar refractivity (Wildman–Crippen MR) is 70.4 cm³/mol. The van der Waals surface area contributed by atoms with Crippen molar-refractivity contribution in [2.75, 3.05) is 0 Å². The highest BCUT2D eigenvalue weighted by Crippen LogP contribution is 2.26. The van der Waals surface area contributed by atoms with Gasteiger partial charge in [0.2, 0.25) is 0 Å². The van der Waals surface area contributed by atoms with Crippen LogP contribution in [0.5, 0.6) is 11.5 Å². The van der Waals surface area contributed by atoms with Crippen LogP contribution in [0.25, 0.3) is 0 Å². The Kier molecular flexibility index (Phi) is 3.96. The number of aromatic nitrogens is 2. The summed E-state index contributed by atoms with van der Waals surface area (Å²) in [6.45, 7) is 2.82. The van der Waals surface area contributed by atoms with Gasteiger partial charge in [0.1, 0.15) is 17.4 Å². The molecule has 2 aromatic rings. The number of nitriles is 1. The molecule has 2 rings (SSSR count). The molecule has 1 aromatic heterocycles. The van der Waals surface area contributed by atoms with Gasteiger partial charge in [-0.2, -0.15) is 10.4 Å². The topological polar surface area (TPSA) is 94.0 Å². The van der Waals surface area contributed by atoms with E-state index in [1.165, 1.54) is 18.2 Å². The van der Waals surface area contributed by atoms with Crippen LogP contribution in [-0.4, -0.2) is 14.7 Å². The maximum Gasteiger partial charge on any atom is 0.287 e. The molecule has 7 heteroatoms. The van der Waals surface area contributed by atoms with Gasteiger partial charge in [0.05, 0.1) is 17.3 Å². The number of nitro groups is 1. The van der Waals surface area contributed by atoms with Crippen molar-refractivity contribution < 1.29 is 9.66 Å². The van der Waals surface area contributed by atoms with Crippen molar-refractivity contribution in [2.24, 2.45) is 0 Å². The Labute approximate surface area is 115 Å². The maximum atomic E-state index is 10.7. The fraction of sp³-hybridized carbons (Fsp3) is 0.231. The summed E-state index contributed by atoms with van der Waals surface area (Å²) in [5.74, 6) is 0.888. The normalized spacial score (nSPS) is 10.0. The standard InChI is InChI=1S/C13H12N4O3/c1-2-5-16-9-12(8-15-16)20-11-3-4-13(17(18)19)10(6-11)7-14/h3-4,6,8-9H,2,5H2,1H3. The van der Waals surface area contributed by atoms with Gasteiger partial charge in [-0.05, 0) is 12.5 Å². The lowest BCUT2D eigenvalue weighted by molar-refractivity contribution is -0.385. The molecular weight excluding hydrogens is 260 g/mol. The summed E-state index contributed by atoms with van der Waals surface area (Å²) in [4.78, 5) is 10.1. The average molecular weight is 272 g/mol. The lowest BCUT2D eigenvalue weighted by atomic mass is 10.2. The van der Waals surface area contributed by atoms with E-state index in [1.807, 2.05) is 6.92 Å². The van der Waals surface area contributed by atoms with Crippen molar-refractivity contribution in [3.8, 4) is 17.6 Å². The second-order valence-electron chi connectivity index (χ2n) is 4.09. The average Bonchev–Trinajstić information content (AvgIpc) is 2.86. The Morgan fingerprint density at radius 1 is 1.50 bits per heavy atom. The van der Waals surface area contributed by atoms with Gasteiger partial charge in [-0.25, -0.2) is 0 Å². The van der Waals surface area contributed by atoms with Crippen molar-refractivity contribution >= 4 is 5.69 Å². The molecule has 102 valence electrons. The minimum absolute atomic E-state index is 0.0338. The van der Waals surface area contributed by atoms with Gasteiger partial charge in [-0.1, -0.05) is 6.92 Å². The van der Waals surface area contributed by atoms with Crippen LogP contribution in [-0.2, 0) is 6.54 Å². The van der Waals surface area contributed by atoms with E-state index < -0.39 is 4.92 Å². The third kappa shape index (κ3) is 2.92. The summed E-state index contributed by atoms with van der Waals surface area (Å²) in [6.07, 6.45) is 4.25. The van der Waals surface area contributed by atoms with E-state index in [-0.39, 0.29) is 11.3 Å². The van der Waals surface area contributed by atoms with Gasteiger partial charge < -0.3 is 4.74 Å². The lowest BCUT2D eigenvalue weighted by Crippen LogP contribution is -1.95. The molecule has 0 bridgehead atoms. The number of hydrogen-bond acceptors (Lipinski definition) is 5. The fourth-order valence-corrected chi connectivity index (χ4v) is 1.71. The molecular formula is C13H12N4O3. The molecule has 0 aliphatic rings. The van der Waals surface area contributed by atoms with Crippen molar-refractivity contribution in [1.29, 1.82) is 5.26 Å². The van der Waals surface area contributed by atoms with E-state index in [2.05, 4.69) is 5.10 Å². The molecule has 1 aromatic carbocycles. The third-order valence-electron chi connectivity index (χ3n) is 2.58. The van der Waals surface area contributed by atoms with Crippen LogP contribution in [0, 0.1) is 21.4 Å². The molecule has 7 nitrogen and oxygen atoms in total. The van der Waals surface area contributed by atoms with Crippen LogP contribution in [0.4, 0.5) is 5.69 Å². The smallest absolute Gasteiger partial charge is 0.287 e. The molecule has 0 aliphatic carbocycles. The number of nitrogens with zero attached hydrogens (tertiary/aromatic N) is 4. The van der Waals surface area contributed by atoms with Gasteiger partial charge in [0.25, 0.3) is 5.69 Å². The zero-order chi connectivity index (χ0) is 14.5. The Hall–Kier alpha value is -2.88. The summed E-state index contributed by atoms with van der Waals surface area (Å²) in [6, 6.07) is 5.84. The summed E-state index contributed by atoms with van der Waals surface area (Å²) in [5, 5.41) is 23.7. The zero-order valence-electron chi connectivity index (χ0n) is 10.8. The van der Waals surface area contributed by atoms with Crippen molar-refractivity contribution in [1.82, 2.24) is 9.78 Å². The monoisotopic (exact) mass is 272 g/mol. The quantitative estimate of drug-likeness (QED) is 0.616. The van der Waals surface area contributed by atoms with E-state index in [1.54, 1.807) is 23.1 Å². The summed E-state index contributed by atoms with van der Waals surface area (Å²) < 4.78 is 7.27. The predicted octanol–water partition coefficient (Wildman–Crippen LogP) is 2.87. The lowest BCUT2D eigenvalue weighted by Gasteiger charge is -2.03. The van der Waals surface area contributed by atoms with Gasteiger partial charge in [0.15, 0.2) is 5.75 Å². The first-order valence-corrected chi connectivity index (χ1v) is 6.03. The molecule has 0 N–H and O–H groups in total. The SMILES string of the molecule is CCCn1cc(Oc2ccc([N+](=O)[O-])c(C#N)c2)cn1. The highest BCUT2D eigenvalue weighted by molar-refractivity contribution is 5.52. The Morgan fingerprint density at radius 3 is 2.95 bits per heavy atom. The number of benzene rings is 1. The van der Waals surface area contributed by atoms with E-state index >= 15 is 0 Å². The van der Waals surface area contributed by atoms with E-state index in [0.29, 0.717) is 11.5 Å². The summed E-state index contributed by atoms with van der Waals surface area (Å²) in [7, 11) is 0. The van der Waals surface area contributed by atoms with Crippen LogP contribution < -0.4 is 4.74 Å². The first-order chi connectivity index (χ1) is 9.63. The molecule has 0 fully saturated rings. The molecule has 0 saturated heterocycles. The van der Waals surface area contributed by atoms with Crippen molar-refractivity contribution in [3.63, 3.8) is 0 Å². The van der Waals surface area contributed by atoms with Crippen LogP contribution in [0.3, 0.4) is 0 Å². The number of ether oxygens (including phenoxy) is 1. The zero-order valence-corrected chi connectivity index (χ0v) is 10.8. The Bertz CT molecular complexity index is 672. The number of rotatable bonds is 5. The second-order valence-corrected chi connectivity index (χ2v) is 4.09. The first-order valence-electron chi connectivity index (χ1n) is 6.03. The molecule has 0 saturated carbocycles. The molecule has 0 atom stereocenters. The first kappa shape index (κ1) is 13.5. The largest absolute Gasteiger partial charge is 0.454 e. The molecule has 0 spiro atoms. The van der Waals surface area contributed by atoms with Gasteiger partial charge in [-0.3, -0.25) is 14.8 Å². The highest BCUT2D eigenvalue weighted by atomic mass is 16.6. The van der Waals surface area contributed by atoms with Gasteiger partial charge >= 0.3 is 0 Å². The number of aryl methyl sites for hydroxylation is 1. The minimum Gasteiger partial charge on any atom is -0.454 e. The molecule has 0 amide bonds. The molecule has 0 aliphatic heterocycles. The number of hydrogen-bond donors (Lipinski definition) is 0. The summed E-state index contributed by atoms with van der Waals surface area (Å²) in [5.41, 5.74) is -0.269. The molecule has 0 radical (unpaired) electrons. The van der Waals surface area contributed by atoms with Gasteiger partial charge in [0, 0.05) is 18.7 Å². The third-order valence-corrected chi connectivity index (χ3v) is 2.58. The van der Waals surface area contributed by atoms with Crippen LogP contribution in [0.15, 0.2) is 30.6 Å². The van der Waals surface area contributed by atoms with E-state index in [4.69, 9.17) is 10.00 Å². The van der Waals surface area contributed by atoms with E-state index in [0.717, 1.165) is 13.0 Å². The van der Waals surface area contributed by atoms with E-state index in [9.17, 15) is 10.1 Å². The number of nitro benzene ring substituents is 1. The van der Waals surface area contributed by atoms with Gasteiger partial charge in [-0.15, -0.1) is 0 Å². The Morgan fingerprint density at radius 2 is 2.30 bits per heavy atom. The van der Waals surface area contributed by atoms with Crippen LogP contribution >= 0.6 is 0 Å². The molecule has 0 unspecified atom stereocenters. The van der Waals surface area contributed by atoms with Crippen LogP contribution in [0.1, 0.15) is 18.9 Å². The maximum absolute atomic E-state index is 10.7. The van der Waals surface area contributed by atoms with Crippen LogP contribution in [0.2, 0.25) is 0 Å². The second kappa shape index (κ2) is 5.84. The highest BCUT2D eigenvalue weighted by Gasteiger charge is 2.14. The molecule has 1 heterocycles. The summed E-state index contributed by atoms with van der Waals surface area (Å²) >= 11 is 0. The Balaban J connectivity index is 2.21. The minimum atomic E-state index is -0.596. The fourth-order valence-electron chi connectivity index (χ4n) is 1.71.